The van der Waals surface area contributed by atoms with E-state index in [-0.39, 0.29) is 0 Å². The van der Waals surface area contributed by atoms with Gasteiger partial charge in [-0.2, -0.15) is 0 Å². The Hall–Kier alpha value is -0.770. The van der Waals surface area contributed by atoms with E-state index in [0.29, 0.717) is 5.92 Å². The molecule has 0 aliphatic rings. The molecule has 0 aromatic heterocycles. The summed E-state index contributed by atoms with van der Waals surface area (Å²) < 4.78 is 0. The first-order valence-electron chi connectivity index (χ1n) is 7.26. The van der Waals surface area contributed by atoms with Crippen LogP contribution < -0.4 is 10.2 Å². The minimum atomic E-state index is 0.632. The van der Waals surface area contributed by atoms with Gasteiger partial charge < -0.3 is 15.1 Å². The van der Waals surface area contributed by atoms with Crippen LogP contribution in [0.4, 0.5) is 5.69 Å². The molecule has 0 unspecified atom stereocenters. The average Bonchev–Trinajstić information content (AvgIpc) is 2.36. The van der Waals surface area contributed by atoms with Gasteiger partial charge in [0.05, 0.1) is 0 Å². The van der Waals surface area contributed by atoms with Crippen molar-refractivity contribution in [1.29, 1.82) is 0 Å². The summed E-state index contributed by atoms with van der Waals surface area (Å²) in [5.74, 6) is 0.632. The van der Waals surface area contributed by atoms with E-state index >= 15 is 0 Å². The van der Waals surface area contributed by atoms with E-state index in [1.165, 1.54) is 5.69 Å². The Labute approximate surface area is 128 Å². The zero-order valence-electron chi connectivity index (χ0n) is 13.4. The van der Waals surface area contributed by atoms with Gasteiger partial charge in [-0.15, -0.1) is 0 Å². The molecular formula is C16H28ClN3. The van der Waals surface area contributed by atoms with Gasteiger partial charge >= 0.3 is 0 Å². The van der Waals surface area contributed by atoms with Crippen LogP contribution in [0.15, 0.2) is 18.2 Å². The monoisotopic (exact) mass is 297 g/mol. The predicted molar refractivity (Wildman–Crippen MR) is 89.8 cm³/mol. The smallest absolute Gasteiger partial charge is 0.0471 e. The normalized spacial score (nSPS) is 11.4. The van der Waals surface area contributed by atoms with Crippen LogP contribution in [0.1, 0.15) is 19.4 Å². The number of hydrogen-bond acceptors (Lipinski definition) is 3. The second kappa shape index (κ2) is 8.50. The first kappa shape index (κ1) is 17.3. The zero-order chi connectivity index (χ0) is 15.1. The van der Waals surface area contributed by atoms with Gasteiger partial charge in [0.15, 0.2) is 0 Å². The number of rotatable bonds is 8. The van der Waals surface area contributed by atoms with Crippen molar-refractivity contribution < 1.29 is 0 Å². The molecule has 0 aliphatic heterocycles. The van der Waals surface area contributed by atoms with E-state index < -0.39 is 0 Å². The van der Waals surface area contributed by atoms with Gasteiger partial charge in [0.25, 0.3) is 0 Å². The number of nitrogens with one attached hydrogen (secondary N) is 1. The van der Waals surface area contributed by atoms with Crippen molar-refractivity contribution in [2.24, 2.45) is 5.92 Å². The van der Waals surface area contributed by atoms with Crippen LogP contribution in [0, 0.1) is 5.92 Å². The Balaban J connectivity index is 2.86. The van der Waals surface area contributed by atoms with Gasteiger partial charge in [-0.3, -0.25) is 0 Å². The molecule has 0 atom stereocenters. The maximum absolute atomic E-state index is 6.37. The minimum Gasteiger partial charge on any atom is -0.370 e. The lowest BCUT2D eigenvalue weighted by Crippen LogP contribution is -2.34. The zero-order valence-corrected chi connectivity index (χ0v) is 14.2. The Morgan fingerprint density at radius 2 is 1.90 bits per heavy atom. The van der Waals surface area contributed by atoms with Crippen LogP contribution in [-0.2, 0) is 6.54 Å². The Bertz CT molecular complexity index is 405. The van der Waals surface area contributed by atoms with Crippen LogP contribution in [0.25, 0.3) is 0 Å². The standard InChI is InChI=1S/C16H28ClN3/c1-13(2)12-20(9-8-19(4)5)15-7-6-14(11-18-3)16(17)10-15/h6-7,10,13,18H,8-9,11-12H2,1-5H3. The first-order chi connectivity index (χ1) is 9.43. The first-order valence-corrected chi connectivity index (χ1v) is 7.64. The van der Waals surface area contributed by atoms with Gasteiger partial charge in [-0.1, -0.05) is 31.5 Å². The Kier molecular flexibility index (Phi) is 7.35. The summed E-state index contributed by atoms with van der Waals surface area (Å²) >= 11 is 6.37. The summed E-state index contributed by atoms with van der Waals surface area (Å²) in [4.78, 5) is 4.63. The molecule has 1 rings (SSSR count). The fourth-order valence-corrected chi connectivity index (χ4v) is 2.40. The van der Waals surface area contributed by atoms with E-state index in [4.69, 9.17) is 11.6 Å². The molecule has 1 aromatic rings. The highest BCUT2D eigenvalue weighted by Gasteiger charge is 2.11. The lowest BCUT2D eigenvalue weighted by molar-refractivity contribution is 0.409. The molecular weight excluding hydrogens is 270 g/mol. The molecule has 1 aromatic carbocycles. The summed E-state index contributed by atoms with van der Waals surface area (Å²) in [6, 6.07) is 6.39. The molecule has 0 spiro atoms. The summed E-state index contributed by atoms with van der Waals surface area (Å²) in [6.07, 6.45) is 0. The number of nitrogens with zero attached hydrogens (tertiary/aromatic N) is 2. The second-order valence-electron chi connectivity index (χ2n) is 5.95. The number of anilines is 1. The predicted octanol–water partition coefficient (Wildman–Crippen LogP) is 3.08. The summed E-state index contributed by atoms with van der Waals surface area (Å²) in [6.45, 7) is 8.42. The maximum atomic E-state index is 6.37. The van der Waals surface area contributed by atoms with Crippen molar-refractivity contribution >= 4 is 17.3 Å². The highest BCUT2D eigenvalue weighted by Crippen LogP contribution is 2.24. The third-order valence-electron chi connectivity index (χ3n) is 3.17. The Morgan fingerprint density at radius 3 is 2.40 bits per heavy atom. The summed E-state index contributed by atoms with van der Waals surface area (Å²) in [5, 5.41) is 3.98. The fraction of sp³-hybridized carbons (Fsp3) is 0.625. The van der Waals surface area contributed by atoms with Crippen molar-refractivity contribution in [3.05, 3.63) is 28.8 Å². The number of benzene rings is 1. The van der Waals surface area contributed by atoms with Gasteiger partial charge in [-0.25, -0.2) is 0 Å². The molecule has 0 fully saturated rings. The van der Waals surface area contributed by atoms with Crippen molar-refractivity contribution in [2.75, 3.05) is 45.7 Å². The van der Waals surface area contributed by atoms with Crippen LogP contribution in [0.5, 0.6) is 0 Å². The number of hydrogen-bond donors (Lipinski definition) is 1. The molecule has 4 heteroatoms. The highest BCUT2D eigenvalue weighted by atomic mass is 35.5. The third kappa shape index (κ3) is 5.70. The van der Waals surface area contributed by atoms with Crippen LogP contribution in [0.3, 0.4) is 0 Å². The summed E-state index contributed by atoms with van der Waals surface area (Å²) in [7, 11) is 6.15. The van der Waals surface area contributed by atoms with Crippen molar-refractivity contribution in [3.8, 4) is 0 Å². The SMILES string of the molecule is CNCc1ccc(N(CCN(C)C)CC(C)C)cc1Cl. The van der Waals surface area contributed by atoms with E-state index in [0.717, 1.165) is 36.8 Å². The van der Waals surface area contributed by atoms with E-state index in [2.05, 4.69) is 61.3 Å². The number of halogens is 1. The van der Waals surface area contributed by atoms with E-state index in [1.807, 2.05) is 7.05 Å². The van der Waals surface area contributed by atoms with Gasteiger partial charge in [0.2, 0.25) is 0 Å². The third-order valence-corrected chi connectivity index (χ3v) is 3.52. The van der Waals surface area contributed by atoms with Crippen LogP contribution in [0.2, 0.25) is 5.02 Å². The van der Waals surface area contributed by atoms with Gasteiger partial charge in [0, 0.05) is 36.9 Å². The quantitative estimate of drug-likeness (QED) is 0.795. The van der Waals surface area contributed by atoms with E-state index in [9.17, 15) is 0 Å². The minimum absolute atomic E-state index is 0.632. The fourth-order valence-electron chi connectivity index (χ4n) is 2.15. The Morgan fingerprint density at radius 1 is 1.20 bits per heavy atom. The second-order valence-corrected chi connectivity index (χ2v) is 6.36. The van der Waals surface area contributed by atoms with E-state index in [1.54, 1.807) is 0 Å². The van der Waals surface area contributed by atoms with Crippen molar-refractivity contribution in [1.82, 2.24) is 10.2 Å². The molecule has 20 heavy (non-hydrogen) atoms. The van der Waals surface area contributed by atoms with Gasteiger partial charge in [0.1, 0.15) is 0 Å². The lowest BCUT2D eigenvalue weighted by Gasteiger charge is -2.28. The average molecular weight is 298 g/mol. The molecule has 0 radical (unpaired) electrons. The largest absolute Gasteiger partial charge is 0.370 e. The van der Waals surface area contributed by atoms with Gasteiger partial charge in [-0.05, 0) is 44.8 Å². The molecule has 114 valence electrons. The molecule has 0 saturated heterocycles. The van der Waals surface area contributed by atoms with Crippen LogP contribution in [-0.4, -0.2) is 45.7 Å². The highest BCUT2D eigenvalue weighted by molar-refractivity contribution is 6.31. The molecule has 0 aliphatic carbocycles. The molecule has 0 heterocycles. The van der Waals surface area contributed by atoms with Crippen LogP contribution >= 0.6 is 11.6 Å². The molecule has 0 amide bonds. The van der Waals surface area contributed by atoms with Crippen molar-refractivity contribution in [3.63, 3.8) is 0 Å². The summed E-state index contributed by atoms with van der Waals surface area (Å²) in [5.41, 5.74) is 2.36. The lowest BCUT2D eigenvalue weighted by atomic mass is 10.1. The molecule has 1 N–H and O–H groups in total. The van der Waals surface area contributed by atoms with Crippen molar-refractivity contribution in [2.45, 2.75) is 20.4 Å². The molecule has 0 saturated carbocycles. The molecule has 0 bridgehead atoms. The maximum Gasteiger partial charge on any atom is 0.0471 e. The number of likely N-dealkylation sites (N-methyl/N-ethyl adjacent to an activating group) is 1. The molecule has 3 nitrogen and oxygen atoms in total. The topological polar surface area (TPSA) is 18.5 Å².